The summed E-state index contributed by atoms with van der Waals surface area (Å²) < 4.78 is 14.1. The molecule has 0 saturated heterocycles. The van der Waals surface area contributed by atoms with Gasteiger partial charge in [-0.25, -0.2) is 9.18 Å². The molecule has 0 aromatic heterocycles. The van der Waals surface area contributed by atoms with Crippen LogP contribution in [0.3, 0.4) is 0 Å². The lowest BCUT2D eigenvalue weighted by atomic mass is 10.2. The predicted octanol–water partition coefficient (Wildman–Crippen LogP) is 2.24. The standard InChI is InChI=1S/C16H26FN3O2/c1-4-20(5-2)15-7-6-13(10-14(15)17)11-19-16(22)18-9-8-12(3)21/h6-7,10,12,21H,4-5,8-9,11H2,1-3H3,(H2,18,19,22). The third kappa shape index (κ3) is 5.89. The quantitative estimate of drug-likeness (QED) is 0.690. The van der Waals surface area contributed by atoms with Crippen LogP contribution in [-0.4, -0.2) is 36.9 Å². The summed E-state index contributed by atoms with van der Waals surface area (Å²) in [7, 11) is 0. The lowest BCUT2D eigenvalue weighted by molar-refractivity contribution is 0.183. The summed E-state index contributed by atoms with van der Waals surface area (Å²) in [6.45, 7) is 7.79. The van der Waals surface area contributed by atoms with Gasteiger partial charge in [-0.05, 0) is 44.9 Å². The van der Waals surface area contributed by atoms with E-state index >= 15 is 0 Å². The van der Waals surface area contributed by atoms with Crippen LogP contribution in [0.5, 0.6) is 0 Å². The van der Waals surface area contributed by atoms with E-state index in [0.29, 0.717) is 24.2 Å². The van der Waals surface area contributed by atoms with E-state index in [-0.39, 0.29) is 18.4 Å². The van der Waals surface area contributed by atoms with E-state index in [9.17, 15) is 9.18 Å². The van der Waals surface area contributed by atoms with E-state index in [2.05, 4.69) is 10.6 Å². The highest BCUT2D eigenvalue weighted by Gasteiger charge is 2.09. The number of carbonyl (C=O) groups is 1. The number of aliphatic hydroxyl groups excluding tert-OH is 1. The van der Waals surface area contributed by atoms with E-state index in [1.165, 1.54) is 6.07 Å². The van der Waals surface area contributed by atoms with Crippen molar-refractivity contribution in [2.24, 2.45) is 0 Å². The summed E-state index contributed by atoms with van der Waals surface area (Å²) in [6.07, 6.45) is 0.0580. The first-order chi connectivity index (χ1) is 10.5. The van der Waals surface area contributed by atoms with Gasteiger partial charge in [-0.15, -0.1) is 0 Å². The van der Waals surface area contributed by atoms with E-state index in [1.807, 2.05) is 24.8 Å². The molecule has 5 nitrogen and oxygen atoms in total. The molecule has 0 radical (unpaired) electrons. The molecule has 0 heterocycles. The molecular formula is C16H26FN3O2. The maximum Gasteiger partial charge on any atom is 0.315 e. The molecule has 3 N–H and O–H groups in total. The first-order valence-corrected chi connectivity index (χ1v) is 7.71. The van der Waals surface area contributed by atoms with Crippen LogP contribution in [0.4, 0.5) is 14.9 Å². The van der Waals surface area contributed by atoms with Gasteiger partial charge in [0.25, 0.3) is 0 Å². The summed E-state index contributed by atoms with van der Waals surface area (Å²) in [5.41, 5.74) is 1.29. The highest BCUT2D eigenvalue weighted by molar-refractivity contribution is 5.73. The third-order valence-electron chi connectivity index (χ3n) is 3.42. The number of hydrogen-bond donors (Lipinski definition) is 3. The number of amides is 2. The van der Waals surface area contributed by atoms with Crippen LogP contribution in [0.2, 0.25) is 0 Å². The molecule has 0 aliphatic rings. The summed E-state index contributed by atoms with van der Waals surface area (Å²) in [4.78, 5) is 13.5. The van der Waals surface area contributed by atoms with Gasteiger partial charge in [0.1, 0.15) is 5.82 Å². The first-order valence-electron chi connectivity index (χ1n) is 7.71. The van der Waals surface area contributed by atoms with Crippen molar-refractivity contribution in [1.82, 2.24) is 10.6 Å². The summed E-state index contributed by atoms with van der Waals surface area (Å²) in [6, 6.07) is 4.68. The highest BCUT2D eigenvalue weighted by atomic mass is 19.1. The average molecular weight is 311 g/mol. The number of anilines is 1. The molecule has 0 fully saturated rings. The Kier molecular flexibility index (Phi) is 7.66. The number of rotatable bonds is 8. The summed E-state index contributed by atoms with van der Waals surface area (Å²) >= 11 is 0. The zero-order chi connectivity index (χ0) is 16.5. The molecule has 0 bridgehead atoms. The van der Waals surface area contributed by atoms with Crippen molar-refractivity contribution in [2.45, 2.75) is 39.8 Å². The third-order valence-corrected chi connectivity index (χ3v) is 3.42. The normalized spacial score (nSPS) is 11.9. The number of aliphatic hydroxyl groups is 1. The van der Waals surface area contributed by atoms with Crippen molar-refractivity contribution in [3.05, 3.63) is 29.6 Å². The van der Waals surface area contributed by atoms with E-state index in [4.69, 9.17) is 5.11 Å². The van der Waals surface area contributed by atoms with Gasteiger partial charge in [0.2, 0.25) is 0 Å². The van der Waals surface area contributed by atoms with Crippen molar-refractivity contribution in [1.29, 1.82) is 0 Å². The van der Waals surface area contributed by atoms with Crippen LogP contribution < -0.4 is 15.5 Å². The number of carbonyl (C=O) groups excluding carboxylic acids is 1. The van der Waals surface area contributed by atoms with Gasteiger partial charge in [0.15, 0.2) is 0 Å². The second kappa shape index (κ2) is 9.25. The maximum absolute atomic E-state index is 14.1. The Labute approximate surface area is 131 Å². The fourth-order valence-corrected chi connectivity index (χ4v) is 2.12. The molecule has 1 rings (SSSR count). The van der Waals surface area contributed by atoms with E-state index in [1.54, 1.807) is 13.0 Å². The Balaban J connectivity index is 2.50. The minimum Gasteiger partial charge on any atom is -0.393 e. The number of hydrogen-bond acceptors (Lipinski definition) is 3. The molecule has 124 valence electrons. The molecule has 0 aliphatic heterocycles. The molecule has 6 heteroatoms. The fourth-order valence-electron chi connectivity index (χ4n) is 2.12. The topological polar surface area (TPSA) is 64.6 Å². The molecule has 0 spiro atoms. The van der Waals surface area contributed by atoms with Gasteiger partial charge in [0.05, 0.1) is 11.8 Å². The van der Waals surface area contributed by atoms with Crippen LogP contribution in [-0.2, 0) is 6.54 Å². The number of benzene rings is 1. The Hall–Kier alpha value is -1.82. The Bertz CT molecular complexity index is 476. The molecule has 0 aliphatic carbocycles. The lowest BCUT2D eigenvalue weighted by Crippen LogP contribution is -2.36. The molecule has 2 amide bonds. The number of nitrogens with zero attached hydrogens (tertiary/aromatic N) is 1. The van der Waals surface area contributed by atoms with E-state index in [0.717, 1.165) is 13.1 Å². The Morgan fingerprint density at radius 1 is 1.32 bits per heavy atom. The SMILES string of the molecule is CCN(CC)c1ccc(CNC(=O)NCCC(C)O)cc1F. The fraction of sp³-hybridized carbons (Fsp3) is 0.562. The van der Waals surface area contributed by atoms with Crippen LogP contribution in [0.1, 0.15) is 32.8 Å². The lowest BCUT2D eigenvalue weighted by Gasteiger charge is -2.22. The van der Waals surface area contributed by atoms with Crippen molar-refractivity contribution in [3.8, 4) is 0 Å². The second-order valence-corrected chi connectivity index (χ2v) is 5.21. The smallest absolute Gasteiger partial charge is 0.315 e. The van der Waals surface area contributed by atoms with Crippen LogP contribution >= 0.6 is 0 Å². The van der Waals surface area contributed by atoms with Gasteiger partial charge >= 0.3 is 6.03 Å². The highest BCUT2D eigenvalue weighted by Crippen LogP contribution is 2.20. The van der Waals surface area contributed by atoms with Crippen molar-refractivity contribution < 1.29 is 14.3 Å². The molecule has 1 unspecified atom stereocenters. The Morgan fingerprint density at radius 2 is 2.00 bits per heavy atom. The second-order valence-electron chi connectivity index (χ2n) is 5.21. The van der Waals surface area contributed by atoms with Gasteiger partial charge < -0.3 is 20.6 Å². The summed E-state index contributed by atoms with van der Waals surface area (Å²) in [5.74, 6) is -0.280. The van der Waals surface area contributed by atoms with Crippen LogP contribution in [0, 0.1) is 5.82 Å². The number of nitrogens with one attached hydrogen (secondary N) is 2. The number of urea groups is 1. The average Bonchev–Trinajstić information content (AvgIpc) is 2.47. The van der Waals surface area contributed by atoms with Gasteiger partial charge in [-0.2, -0.15) is 0 Å². The van der Waals surface area contributed by atoms with Gasteiger partial charge in [0, 0.05) is 26.2 Å². The van der Waals surface area contributed by atoms with Crippen LogP contribution in [0.15, 0.2) is 18.2 Å². The zero-order valence-electron chi connectivity index (χ0n) is 13.5. The molecule has 1 atom stereocenters. The monoisotopic (exact) mass is 311 g/mol. The molecule has 0 saturated carbocycles. The maximum atomic E-state index is 14.1. The van der Waals surface area contributed by atoms with Crippen molar-refractivity contribution in [2.75, 3.05) is 24.5 Å². The molecule has 22 heavy (non-hydrogen) atoms. The first kappa shape index (κ1) is 18.2. The van der Waals surface area contributed by atoms with Gasteiger partial charge in [-0.1, -0.05) is 6.07 Å². The minimum atomic E-state index is -0.443. The predicted molar refractivity (Wildman–Crippen MR) is 86.5 cm³/mol. The van der Waals surface area contributed by atoms with Crippen molar-refractivity contribution in [3.63, 3.8) is 0 Å². The Morgan fingerprint density at radius 3 is 2.55 bits per heavy atom. The minimum absolute atomic E-state index is 0.260. The molecular weight excluding hydrogens is 285 g/mol. The largest absolute Gasteiger partial charge is 0.393 e. The zero-order valence-corrected chi connectivity index (χ0v) is 13.5. The van der Waals surface area contributed by atoms with Crippen molar-refractivity contribution >= 4 is 11.7 Å². The molecule has 1 aromatic rings. The summed E-state index contributed by atoms with van der Waals surface area (Å²) in [5, 5.41) is 14.4. The van der Waals surface area contributed by atoms with Crippen LogP contribution in [0.25, 0.3) is 0 Å². The van der Waals surface area contributed by atoms with Gasteiger partial charge in [-0.3, -0.25) is 0 Å². The molecule has 1 aromatic carbocycles. The number of halogens is 1. The van der Waals surface area contributed by atoms with E-state index < -0.39 is 6.10 Å².